The zero-order valence-electron chi connectivity index (χ0n) is 15.1. The molecule has 0 radical (unpaired) electrons. The first-order valence-corrected chi connectivity index (χ1v) is 8.47. The largest absolute Gasteiger partial charge is 0.384 e. The minimum Gasteiger partial charge on any atom is -0.384 e. The molecule has 0 aliphatic heterocycles. The number of imidazole rings is 1. The van der Waals surface area contributed by atoms with Crippen LogP contribution in [0.15, 0.2) is 48.9 Å². The van der Waals surface area contributed by atoms with Crippen molar-refractivity contribution in [2.24, 2.45) is 0 Å². The van der Waals surface area contributed by atoms with Crippen LogP contribution in [0.25, 0.3) is 28.3 Å². The summed E-state index contributed by atoms with van der Waals surface area (Å²) in [7, 11) is 0. The van der Waals surface area contributed by atoms with Gasteiger partial charge in [-0.15, -0.1) is 0 Å². The van der Waals surface area contributed by atoms with Gasteiger partial charge in [0.15, 0.2) is 0 Å². The van der Waals surface area contributed by atoms with Crippen molar-refractivity contribution in [3.8, 4) is 28.6 Å². The number of nitriles is 1. The maximum atomic E-state index is 14.5. The lowest BCUT2D eigenvalue weighted by atomic mass is 10.0. The fraction of sp³-hybridized carbons (Fsp3) is 0.150. The molecule has 28 heavy (non-hydrogen) atoms. The van der Waals surface area contributed by atoms with Gasteiger partial charge in [-0.25, -0.2) is 14.4 Å². The van der Waals surface area contributed by atoms with Crippen molar-refractivity contribution >= 4 is 5.78 Å². The molecule has 8 heteroatoms. The Labute approximate surface area is 159 Å². The highest BCUT2D eigenvalue weighted by Crippen LogP contribution is 2.29. The summed E-state index contributed by atoms with van der Waals surface area (Å²) in [5, 5.41) is 23.7. The van der Waals surface area contributed by atoms with Gasteiger partial charge in [-0.1, -0.05) is 0 Å². The summed E-state index contributed by atoms with van der Waals surface area (Å²) < 4.78 is 16.0. The molecule has 0 saturated carbocycles. The van der Waals surface area contributed by atoms with Crippen molar-refractivity contribution in [3.63, 3.8) is 0 Å². The number of rotatable bonds is 3. The molecule has 4 rings (SSSR count). The first-order chi connectivity index (χ1) is 13.4. The van der Waals surface area contributed by atoms with E-state index in [4.69, 9.17) is 0 Å². The minimum atomic E-state index is -1.14. The van der Waals surface area contributed by atoms with Crippen LogP contribution < -0.4 is 0 Å². The third kappa shape index (κ3) is 2.98. The number of aromatic nitrogens is 5. The second-order valence-corrected chi connectivity index (χ2v) is 6.76. The van der Waals surface area contributed by atoms with Crippen LogP contribution in [-0.4, -0.2) is 29.7 Å². The van der Waals surface area contributed by atoms with Gasteiger partial charge in [0.25, 0.3) is 5.78 Å². The van der Waals surface area contributed by atoms with E-state index >= 15 is 0 Å². The Hall–Kier alpha value is -3.70. The van der Waals surface area contributed by atoms with Gasteiger partial charge in [-0.2, -0.15) is 14.9 Å². The normalized spacial score (nSPS) is 11.5. The van der Waals surface area contributed by atoms with E-state index in [1.54, 1.807) is 44.3 Å². The van der Waals surface area contributed by atoms with E-state index < -0.39 is 11.4 Å². The fourth-order valence-electron chi connectivity index (χ4n) is 2.84. The summed E-state index contributed by atoms with van der Waals surface area (Å²) in [5.41, 5.74) is 1.26. The minimum absolute atomic E-state index is 0.214. The summed E-state index contributed by atoms with van der Waals surface area (Å²) >= 11 is 0. The number of hydrogen-bond acceptors (Lipinski definition) is 6. The molecule has 0 saturated heterocycles. The van der Waals surface area contributed by atoms with E-state index in [-0.39, 0.29) is 16.8 Å². The molecule has 0 atom stereocenters. The van der Waals surface area contributed by atoms with Crippen molar-refractivity contribution < 1.29 is 9.50 Å². The number of pyridine rings is 1. The van der Waals surface area contributed by atoms with Crippen LogP contribution in [0.4, 0.5) is 4.39 Å². The van der Waals surface area contributed by atoms with E-state index in [1.165, 1.54) is 23.0 Å². The number of hydrogen-bond donors (Lipinski definition) is 1. The van der Waals surface area contributed by atoms with Gasteiger partial charge in [0.2, 0.25) is 0 Å². The highest BCUT2D eigenvalue weighted by Gasteiger charge is 2.20. The number of fused-ring (bicyclic) bond motifs is 1. The summed E-state index contributed by atoms with van der Waals surface area (Å²) in [6.07, 6.45) is 4.55. The van der Waals surface area contributed by atoms with Crippen molar-refractivity contribution in [1.82, 2.24) is 24.6 Å². The highest BCUT2D eigenvalue weighted by atomic mass is 19.1. The molecule has 0 aliphatic rings. The van der Waals surface area contributed by atoms with Gasteiger partial charge in [-0.3, -0.25) is 4.98 Å². The van der Waals surface area contributed by atoms with Crippen LogP contribution in [0.3, 0.4) is 0 Å². The first-order valence-electron chi connectivity index (χ1n) is 8.47. The molecule has 0 aliphatic carbocycles. The Morgan fingerprint density at radius 3 is 2.75 bits per heavy atom. The highest BCUT2D eigenvalue weighted by molar-refractivity contribution is 5.73. The number of benzene rings is 1. The molecule has 3 aromatic heterocycles. The number of aliphatic hydroxyl groups is 1. The van der Waals surface area contributed by atoms with Crippen molar-refractivity contribution in [2.75, 3.05) is 0 Å². The van der Waals surface area contributed by atoms with Crippen molar-refractivity contribution in [3.05, 3.63) is 66.0 Å². The number of halogens is 1. The average Bonchev–Trinajstić information content (AvgIpc) is 3.11. The standard InChI is InChI=1S/C20H15FN6O/c1-20(2,28)17-11-25-27-16(10-24-19(27)26-17)12-5-6-15(21)14(8-12)18-13(9-22)4-3-7-23-18/h3-8,10-11,28H,1-2H3. The molecule has 0 amide bonds. The molecule has 0 spiro atoms. The predicted octanol–water partition coefficient (Wildman–Crippen LogP) is 3.09. The van der Waals surface area contributed by atoms with Gasteiger partial charge in [0.05, 0.1) is 35.0 Å². The molecule has 1 N–H and O–H groups in total. The molecule has 3 heterocycles. The zero-order valence-corrected chi connectivity index (χ0v) is 15.1. The van der Waals surface area contributed by atoms with Crippen LogP contribution in [0.2, 0.25) is 0 Å². The summed E-state index contributed by atoms with van der Waals surface area (Å²) in [5.74, 6) is -0.167. The third-order valence-corrected chi connectivity index (χ3v) is 4.31. The van der Waals surface area contributed by atoms with Crippen LogP contribution in [0, 0.1) is 17.1 Å². The smallest absolute Gasteiger partial charge is 0.251 e. The summed E-state index contributed by atoms with van der Waals surface area (Å²) in [4.78, 5) is 12.7. The topological polar surface area (TPSA) is 100.0 Å². The van der Waals surface area contributed by atoms with Crippen LogP contribution in [0.5, 0.6) is 0 Å². The van der Waals surface area contributed by atoms with E-state index in [0.29, 0.717) is 22.7 Å². The SMILES string of the molecule is CC(C)(O)c1cnn2c(-c3ccc(F)c(-c4ncccc4C#N)c3)cnc2n1. The molecule has 0 fully saturated rings. The monoisotopic (exact) mass is 374 g/mol. The van der Waals surface area contributed by atoms with Gasteiger partial charge in [0.1, 0.15) is 17.5 Å². The Balaban J connectivity index is 1.86. The lowest BCUT2D eigenvalue weighted by molar-refractivity contribution is 0.0734. The second kappa shape index (κ2) is 6.48. The molecule has 4 aromatic rings. The molecule has 1 aromatic carbocycles. The van der Waals surface area contributed by atoms with Crippen LogP contribution >= 0.6 is 0 Å². The molecular formula is C20H15FN6O. The molecule has 0 unspecified atom stereocenters. The maximum Gasteiger partial charge on any atom is 0.251 e. The van der Waals surface area contributed by atoms with E-state index in [0.717, 1.165) is 0 Å². The molecule has 0 bridgehead atoms. The lowest BCUT2D eigenvalue weighted by Crippen LogP contribution is -2.19. The average molecular weight is 374 g/mol. The van der Waals surface area contributed by atoms with Gasteiger partial charge < -0.3 is 5.11 Å². The maximum absolute atomic E-state index is 14.5. The lowest BCUT2D eigenvalue weighted by Gasteiger charge is -2.15. The third-order valence-electron chi connectivity index (χ3n) is 4.31. The van der Waals surface area contributed by atoms with E-state index in [1.807, 2.05) is 6.07 Å². The van der Waals surface area contributed by atoms with Gasteiger partial charge >= 0.3 is 0 Å². The Bertz CT molecular complexity index is 1240. The van der Waals surface area contributed by atoms with E-state index in [2.05, 4.69) is 20.1 Å². The van der Waals surface area contributed by atoms with E-state index in [9.17, 15) is 14.8 Å². The summed E-state index contributed by atoms with van der Waals surface area (Å²) in [6.45, 7) is 3.23. The summed E-state index contributed by atoms with van der Waals surface area (Å²) in [6, 6.07) is 9.77. The Kier molecular flexibility index (Phi) is 4.09. The molecule has 7 nitrogen and oxygen atoms in total. The quantitative estimate of drug-likeness (QED) is 0.591. The fourth-order valence-corrected chi connectivity index (χ4v) is 2.84. The predicted molar refractivity (Wildman–Crippen MR) is 99.4 cm³/mol. The van der Waals surface area contributed by atoms with Crippen LogP contribution in [-0.2, 0) is 5.60 Å². The Morgan fingerprint density at radius 2 is 2.00 bits per heavy atom. The first kappa shape index (κ1) is 17.7. The van der Waals surface area contributed by atoms with Crippen LogP contribution in [0.1, 0.15) is 25.1 Å². The zero-order chi connectivity index (χ0) is 19.9. The number of nitrogens with zero attached hydrogens (tertiary/aromatic N) is 6. The molecule has 138 valence electrons. The van der Waals surface area contributed by atoms with Crippen molar-refractivity contribution in [1.29, 1.82) is 5.26 Å². The van der Waals surface area contributed by atoms with Gasteiger partial charge in [0, 0.05) is 17.3 Å². The van der Waals surface area contributed by atoms with Crippen molar-refractivity contribution in [2.45, 2.75) is 19.4 Å². The molecular weight excluding hydrogens is 359 g/mol. The van der Waals surface area contributed by atoms with Gasteiger partial charge in [-0.05, 0) is 44.2 Å². The Morgan fingerprint density at radius 1 is 1.18 bits per heavy atom. The second-order valence-electron chi connectivity index (χ2n) is 6.76.